The second-order valence-corrected chi connectivity index (χ2v) is 13.1. The number of benzene rings is 2. The molecule has 0 heterocycles. The van der Waals surface area contributed by atoms with Gasteiger partial charge in [-0.1, -0.05) is 84.7 Å². The smallest absolute Gasteiger partial charge is 0.243 e. The first-order chi connectivity index (χ1) is 18.8. The normalized spacial score (nSPS) is 18.7. The fourth-order valence-corrected chi connectivity index (χ4v) is 5.22. The fraction of sp³-hybridized carbons (Fsp3) is 0.531. The molecule has 1 aliphatic rings. The lowest BCUT2D eigenvalue weighted by atomic mass is 9.85. The van der Waals surface area contributed by atoms with Crippen LogP contribution in [0, 0.1) is 5.41 Å². The molecule has 0 bridgehead atoms. The van der Waals surface area contributed by atoms with Crippen molar-refractivity contribution in [3.8, 4) is 11.5 Å². The van der Waals surface area contributed by atoms with E-state index in [0.29, 0.717) is 23.0 Å². The molecule has 3 rings (SSSR count). The Labute approximate surface area is 245 Å². The molecule has 0 aromatic heterocycles. The molecular weight excluding hydrogens is 520 g/mol. The molecule has 2 aromatic rings. The predicted molar refractivity (Wildman–Crippen MR) is 167 cm³/mol. The maximum atomic E-state index is 13.2. The van der Waals surface area contributed by atoms with Gasteiger partial charge in [-0.25, -0.2) is 0 Å². The standard InChI is InChI=1S/C32H46N4O3S/c1-31(2,3)24-18-23(39-7)17-22(27(24)37)20-33-25-15-11-12-16-26(25)35-30(40)36-28(32(4,5)6)29(38)34-19-21-13-9-8-10-14-21/h8-10,13-14,17-18,20,25-26,28,37H,11-12,15-16,19H2,1-7H3,(H,34,38)(H2,35,36,40)/t25-,26-,28-/m0/s1. The highest BCUT2D eigenvalue weighted by Gasteiger charge is 2.33. The number of nitrogens with zero attached hydrogens (tertiary/aromatic N) is 1. The van der Waals surface area contributed by atoms with Crippen LogP contribution >= 0.6 is 12.2 Å². The van der Waals surface area contributed by atoms with E-state index in [0.717, 1.165) is 36.8 Å². The molecule has 1 amide bonds. The average Bonchev–Trinajstić information content (AvgIpc) is 2.90. The Morgan fingerprint density at radius 1 is 1.12 bits per heavy atom. The lowest BCUT2D eigenvalue weighted by Gasteiger charge is -2.34. The number of aromatic hydroxyl groups is 1. The molecule has 8 heteroatoms. The number of aliphatic imine (C=N–C) groups is 1. The summed E-state index contributed by atoms with van der Waals surface area (Å²) < 4.78 is 5.49. The molecule has 0 spiro atoms. The molecule has 0 radical (unpaired) electrons. The maximum absolute atomic E-state index is 13.2. The monoisotopic (exact) mass is 566 g/mol. The van der Waals surface area contributed by atoms with Crippen LogP contribution in [-0.4, -0.2) is 47.6 Å². The number of phenols is 1. The number of thiocarbonyl (C=S) groups is 1. The minimum absolute atomic E-state index is 0.0165. The Hall–Kier alpha value is -3.13. The van der Waals surface area contributed by atoms with Gasteiger partial charge in [-0.2, -0.15) is 0 Å². The summed E-state index contributed by atoms with van der Waals surface area (Å²) in [5, 5.41) is 21.2. The zero-order valence-corrected chi connectivity index (χ0v) is 25.8. The van der Waals surface area contributed by atoms with Gasteiger partial charge < -0.3 is 25.8 Å². The van der Waals surface area contributed by atoms with Crippen LogP contribution in [0.4, 0.5) is 0 Å². The van der Waals surface area contributed by atoms with Crippen molar-refractivity contribution in [2.75, 3.05) is 7.11 Å². The molecule has 40 heavy (non-hydrogen) atoms. The van der Waals surface area contributed by atoms with Gasteiger partial charge in [0.25, 0.3) is 0 Å². The van der Waals surface area contributed by atoms with Gasteiger partial charge >= 0.3 is 0 Å². The number of carbonyl (C=O) groups is 1. The largest absolute Gasteiger partial charge is 0.507 e. The van der Waals surface area contributed by atoms with E-state index in [1.807, 2.05) is 63.2 Å². The Morgan fingerprint density at radius 2 is 1.80 bits per heavy atom. The molecule has 0 aliphatic heterocycles. The van der Waals surface area contributed by atoms with Crippen molar-refractivity contribution in [1.29, 1.82) is 0 Å². The van der Waals surface area contributed by atoms with Crippen LogP contribution in [0.15, 0.2) is 47.5 Å². The van der Waals surface area contributed by atoms with Crippen molar-refractivity contribution in [2.24, 2.45) is 10.4 Å². The molecule has 4 N–H and O–H groups in total. The summed E-state index contributed by atoms with van der Waals surface area (Å²) >= 11 is 5.71. The van der Waals surface area contributed by atoms with Gasteiger partial charge in [-0.3, -0.25) is 9.79 Å². The van der Waals surface area contributed by atoms with Gasteiger partial charge in [0.15, 0.2) is 5.11 Å². The molecular formula is C32H46N4O3S. The number of phenolic OH excluding ortho intramolecular Hbond substituents is 1. The topological polar surface area (TPSA) is 95.0 Å². The van der Waals surface area contributed by atoms with Crippen molar-refractivity contribution in [3.05, 3.63) is 59.2 Å². The number of carbonyl (C=O) groups excluding carboxylic acids is 1. The summed E-state index contributed by atoms with van der Waals surface area (Å²) in [6.07, 6.45) is 5.73. The van der Waals surface area contributed by atoms with Crippen LogP contribution in [0.2, 0.25) is 0 Å². The summed E-state index contributed by atoms with van der Waals surface area (Å²) in [5.74, 6) is 0.817. The van der Waals surface area contributed by atoms with Gasteiger partial charge in [-0.15, -0.1) is 0 Å². The zero-order chi connectivity index (χ0) is 29.5. The van der Waals surface area contributed by atoms with Crippen molar-refractivity contribution in [3.63, 3.8) is 0 Å². The number of rotatable bonds is 8. The second kappa shape index (κ2) is 13.5. The summed E-state index contributed by atoms with van der Waals surface area (Å²) in [6, 6.07) is 13.0. The van der Waals surface area contributed by atoms with E-state index < -0.39 is 6.04 Å². The summed E-state index contributed by atoms with van der Waals surface area (Å²) in [4.78, 5) is 18.1. The second-order valence-electron chi connectivity index (χ2n) is 12.7. The number of ether oxygens (including phenoxy) is 1. The number of nitrogens with one attached hydrogen (secondary N) is 3. The Morgan fingerprint density at radius 3 is 2.42 bits per heavy atom. The van der Waals surface area contributed by atoms with Gasteiger partial charge in [0, 0.05) is 23.9 Å². The van der Waals surface area contributed by atoms with Gasteiger partial charge in [0.2, 0.25) is 5.91 Å². The fourth-order valence-electron chi connectivity index (χ4n) is 4.96. The molecule has 3 atom stereocenters. The number of hydrogen-bond donors (Lipinski definition) is 4. The molecule has 2 aromatic carbocycles. The molecule has 7 nitrogen and oxygen atoms in total. The molecule has 1 aliphatic carbocycles. The Kier molecular flexibility index (Phi) is 10.6. The number of methoxy groups -OCH3 is 1. The minimum atomic E-state index is -0.508. The van der Waals surface area contributed by atoms with E-state index >= 15 is 0 Å². The van der Waals surface area contributed by atoms with Crippen LogP contribution in [0.3, 0.4) is 0 Å². The van der Waals surface area contributed by atoms with E-state index in [-0.39, 0.29) is 34.6 Å². The minimum Gasteiger partial charge on any atom is -0.507 e. The van der Waals surface area contributed by atoms with Crippen LogP contribution in [-0.2, 0) is 16.8 Å². The van der Waals surface area contributed by atoms with Gasteiger partial charge in [-0.05, 0) is 53.6 Å². The van der Waals surface area contributed by atoms with Crippen molar-refractivity contribution < 1.29 is 14.6 Å². The predicted octanol–water partition coefficient (Wildman–Crippen LogP) is 5.62. The SMILES string of the molecule is COc1cc(C=N[C@H]2CCCC[C@@H]2NC(=S)N[C@@H](C(=O)NCc2ccccc2)C(C)(C)C)c(O)c(C(C)(C)C)c1. The first-order valence-corrected chi connectivity index (χ1v) is 14.5. The highest BCUT2D eigenvalue weighted by atomic mass is 32.1. The summed E-state index contributed by atoms with van der Waals surface area (Å²) in [6.45, 7) is 12.7. The van der Waals surface area contributed by atoms with Gasteiger partial charge in [0.05, 0.1) is 19.2 Å². The Bertz CT molecular complexity index is 1190. The molecule has 0 unspecified atom stereocenters. The third kappa shape index (κ3) is 8.68. The molecule has 1 fully saturated rings. The highest BCUT2D eigenvalue weighted by Crippen LogP contribution is 2.36. The molecule has 1 saturated carbocycles. The highest BCUT2D eigenvalue weighted by molar-refractivity contribution is 7.80. The third-order valence-electron chi connectivity index (χ3n) is 7.32. The zero-order valence-electron chi connectivity index (χ0n) is 25.0. The van der Waals surface area contributed by atoms with Crippen LogP contribution < -0.4 is 20.7 Å². The van der Waals surface area contributed by atoms with Crippen molar-refractivity contribution in [2.45, 2.75) is 97.3 Å². The lowest BCUT2D eigenvalue weighted by Crippen LogP contribution is -2.58. The summed E-state index contributed by atoms with van der Waals surface area (Å²) in [5.41, 5.74) is 1.90. The first kappa shape index (κ1) is 31.4. The average molecular weight is 567 g/mol. The quantitative estimate of drug-likeness (QED) is 0.245. The summed E-state index contributed by atoms with van der Waals surface area (Å²) in [7, 11) is 1.63. The molecule has 218 valence electrons. The number of hydrogen-bond acceptors (Lipinski definition) is 5. The number of amides is 1. The van der Waals surface area contributed by atoms with E-state index in [1.165, 1.54) is 0 Å². The third-order valence-corrected chi connectivity index (χ3v) is 7.56. The first-order valence-electron chi connectivity index (χ1n) is 14.1. The van der Waals surface area contributed by atoms with Crippen LogP contribution in [0.1, 0.15) is 83.9 Å². The van der Waals surface area contributed by atoms with Crippen LogP contribution in [0.25, 0.3) is 0 Å². The molecule has 0 saturated heterocycles. The van der Waals surface area contributed by atoms with Crippen molar-refractivity contribution in [1.82, 2.24) is 16.0 Å². The van der Waals surface area contributed by atoms with Gasteiger partial charge in [0.1, 0.15) is 17.5 Å². The Balaban J connectivity index is 1.71. The van der Waals surface area contributed by atoms with E-state index in [9.17, 15) is 9.90 Å². The van der Waals surface area contributed by atoms with E-state index in [1.54, 1.807) is 13.3 Å². The van der Waals surface area contributed by atoms with Crippen molar-refractivity contribution >= 4 is 29.5 Å². The van der Waals surface area contributed by atoms with E-state index in [2.05, 4.69) is 36.7 Å². The van der Waals surface area contributed by atoms with Crippen LogP contribution in [0.5, 0.6) is 11.5 Å². The lowest BCUT2D eigenvalue weighted by molar-refractivity contribution is -0.125. The maximum Gasteiger partial charge on any atom is 0.243 e. The van der Waals surface area contributed by atoms with E-state index in [4.69, 9.17) is 21.9 Å².